The standard InChI is InChI=1S/C19H18Cl2F3N5O/c1-9(25)8-30-16-11(4-3-5-13(16)19(22,23)24)10(2)27-17-12-6-15(20)26-7-14(12)28-18(21)29-17/h3-7,9-10H,8,25H2,1-2H3,(H,27,28,29)/t9?,10-/m1/s1. The monoisotopic (exact) mass is 459 g/mol. The highest BCUT2D eigenvalue weighted by atomic mass is 35.5. The molecule has 30 heavy (non-hydrogen) atoms. The number of aromatic nitrogens is 3. The zero-order valence-corrected chi connectivity index (χ0v) is 17.5. The number of hydrogen-bond acceptors (Lipinski definition) is 6. The molecular formula is C19H18Cl2F3N5O. The molecule has 0 saturated heterocycles. The van der Waals surface area contributed by atoms with Gasteiger partial charge in [0.2, 0.25) is 5.28 Å². The van der Waals surface area contributed by atoms with Gasteiger partial charge in [-0.15, -0.1) is 0 Å². The predicted molar refractivity (Wildman–Crippen MR) is 110 cm³/mol. The summed E-state index contributed by atoms with van der Waals surface area (Å²) in [5.41, 5.74) is 5.51. The Kier molecular flexibility index (Phi) is 6.54. The van der Waals surface area contributed by atoms with E-state index >= 15 is 0 Å². The van der Waals surface area contributed by atoms with Crippen LogP contribution in [-0.4, -0.2) is 27.6 Å². The van der Waals surface area contributed by atoms with E-state index in [1.165, 1.54) is 12.3 Å². The second-order valence-corrected chi connectivity index (χ2v) is 7.47. The number of nitrogens with two attached hydrogens (primary N) is 1. The maximum atomic E-state index is 13.6. The van der Waals surface area contributed by atoms with Crippen LogP contribution >= 0.6 is 23.2 Å². The number of para-hydroxylation sites is 1. The largest absolute Gasteiger partial charge is 0.491 e. The molecule has 2 heterocycles. The van der Waals surface area contributed by atoms with Crippen molar-refractivity contribution < 1.29 is 17.9 Å². The van der Waals surface area contributed by atoms with Gasteiger partial charge in [-0.25, -0.2) is 15.0 Å². The van der Waals surface area contributed by atoms with E-state index in [0.29, 0.717) is 16.7 Å². The molecule has 3 aromatic rings. The van der Waals surface area contributed by atoms with Crippen LogP contribution in [-0.2, 0) is 6.18 Å². The van der Waals surface area contributed by atoms with E-state index in [1.807, 2.05) is 0 Å². The second-order valence-electron chi connectivity index (χ2n) is 6.74. The van der Waals surface area contributed by atoms with Crippen molar-refractivity contribution in [1.82, 2.24) is 15.0 Å². The van der Waals surface area contributed by atoms with Gasteiger partial charge in [0, 0.05) is 17.0 Å². The fourth-order valence-electron chi connectivity index (χ4n) is 2.87. The fraction of sp³-hybridized carbons (Fsp3) is 0.316. The lowest BCUT2D eigenvalue weighted by Gasteiger charge is -2.23. The summed E-state index contributed by atoms with van der Waals surface area (Å²) in [4.78, 5) is 12.2. The fourth-order valence-corrected chi connectivity index (χ4v) is 3.20. The third-order valence-electron chi connectivity index (χ3n) is 4.18. The van der Waals surface area contributed by atoms with Crippen molar-refractivity contribution in [3.05, 3.63) is 52.0 Å². The normalized spacial score (nSPS) is 13.9. The van der Waals surface area contributed by atoms with Crippen molar-refractivity contribution in [1.29, 1.82) is 0 Å². The number of rotatable bonds is 6. The topological polar surface area (TPSA) is 86.0 Å². The van der Waals surface area contributed by atoms with Crippen molar-refractivity contribution >= 4 is 39.9 Å². The van der Waals surface area contributed by atoms with E-state index in [1.54, 1.807) is 26.0 Å². The van der Waals surface area contributed by atoms with Crippen LogP contribution in [0.1, 0.15) is 31.0 Å². The van der Waals surface area contributed by atoms with Crippen LogP contribution < -0.4 is 15.8 Å². The highest BCUT2D eigenvalue weighted by molar-refractivity contribution is 6.30. The van der Waals surface area contributed by atoms with Gasteiger partial charge in [-0.2, -0.15) is 13.2 Å². The Morgan fingerprint density at radius 3 is 2.60 bits per heavy atom. The third-order valence-corrected chi connectivity index (χ3v) is 4.56. The molecule has 0 aliphatic carbocycles. The molecule has 0 aliphatic rings. The number of pyridine rings is 1. The lowest BCUT2D eigenvalue weighted by Crippen LogP contribution is -2.25. The molecule has 0 spiro atoms. The Hall–Kier alpha value is -2.36. The van der Waals surface area contributed by atoms with E-state index in [2.05, 4.69) is 20.3 Å². The molecule has 1 aromatic carbocycles. The number of fused-ring (bicyclic) bond motifs is 1. The quantitative estimate of drug-likeness (QED) is 0.386. The average Bonchev–Trinajstić information content (AvgIpc) is 2.65. The Bertz CT molecular complexity index is 1060. The summed E-state index contributed by atoms with van der Waals surface area (Å²) in [5.74, 6) is 0.0174. The van der Waals surface area contributed by atoms with Gasteiger partial charge in [0.15, 0.2) is 0 Å². The number of nitrogens with zero attached hydrogens (tertiary/aromatic N) is 3. The first-order valence-electron chi connectivity index (χ1n) is 8.90. The first-order valence-corrected chi connectivity index (χ1v) is 9.65. The van der Waals surface area contributed by atoms with Gasteiger partial charge in [0.05, 0.1) is 23.3 Å². The molecule has 2 atom stereocenters. The lowest BCUT2D eigenvalue weighted by molar-refractivity contribution is -0.139. The second kappa shape index (κ2) is 8.79. The van der Waals surface area contributed by atoms with Gasteiger partial charge < -0.3 is 15.8 Å². The molecule has 6 nitrogen and oxygen atoms in total. The molecule has 3 N–H and O–H groups in total. The molecule has 0 radical (unpaired) electrons. The lowest BCUT2D eigenvalue weighted by atomic mass is 10.0. The smallest absolute Gasteiger partial charge is 0.419 e. The van der Waals surface area contributed by atoms with E-state index in [9.17, 15) is 13.2 Å². The molecule has 0 aliphatic heterocycles. The first kappa shape index (κ1) is 22.3. The average molecular weight is 460 g/mol. The number of anilines is 1. The Morgan fingerprint density at radius 2 is 1.93 bits per heavy atom. The molecular weight excluding hydrogens is 442 g/mol. The zero-order chi connectivity index (χ0) is 22.1. The molecule has 11 heteroatoms. The van der Waals surface area contributed by atoms with Gasteiger partial charge in [-0.05, 0) is 37.6 Å². The highest BCUT2D eigenvalue weighted by Gasteiger charge is 2.36. The van der Waals surface area contributed by atoms with Crippen molar-refractivity contribution in [3.63, 3.8) is 0 Å². The zero-order valence-electron chi connectivity index (χ0n) is 16.0. The Morgan fingerprint density at radius 1 is 1.20 bits per heavy atom. The summed E-state index contributed by atoms with van der Waals surface area (Å²) in [5, 5.41) is 3.77. The van der Waals surface area contributed by atoms with Crippen LogP contribution in [0.3, 0.4) is 0 Å². The van der Waals surface area contributed by atoms with Crippen molar-refractivity contribution in [3.8, 4) is 5.75 Å². The van der Waals surface area contributed by atoms with Crippen LogP contribution in [0.4, 0.5) is 19.0 Å². The highest BCUT2D eigenvalue weighted by Crippen LogP contribution is 2.41. The SMILES string of the molecule is CC(N)COc1c([C@@H](C)Nc2nc(Cl)nc3cnc(Cl)cc23)cccc1C(F)(F)F. The summed E-state index contributed by atoms with van der Waals surface area (Å²) in [6.45, 7) is 3.25. The minimum Gasteiger partial charge on any atom is -0.491 e. The Balaban J connectivity index is 2.04. The number of alkyl halides is 3. The summed E-state index contributed by atoms with van der Waals surface area (Å²) in [6.07, 6.45) is -3.16. The van der Waals surface area contributed by atoms with Crippen LogP contribution in [0.5, 0.6) is 5.75 Å². The van der Waals surface area contributed by atoms with Crippen molar-refractivity contribution in [2.45, 2.75) is 32.1 Å². The number of benzene rings is 1. The minimum atomic E-state index is -4.59. The molecule has 0 bridgehead atoms. The number of ether oxygens (including phenoxy) is 1. The maximum absolute atomic E-state index is 13.6. The van der Waals surface area contributed by atoms with Gasteiger partial charge in [0.1, 0.15) is 23.3 Å². The summed E-state index contributed by atoms with van der Waals surface area (Å²) in [7, 11) is 0. The number of halogens is 5. The van der Waals surface area contributed by atoms with Gasteiger partial charge in [-0.3, -0.25) is 0 Å². The van der Waals surface area contributed by atoms with Gasteiger partial charge in [-0.1, -0.05) is 23.7 Å². The molecule has 3 rings (SSSR count). The first-order chi connectivity index (χ1) is 14.1. The molecule has 2 aromatic heterocycles. The maximum Gasteiger partial charge on any atom is 0.419 e. The Labute approximate surface area is 180 Å². The van der Waals surface area contributed by atoms with Crippen LogP contribution in [0.15, 0.2) is 30.5 Å². The number of hydrogen-bond donors (Lipinski definition) is 2. The molecule has 0 saturated carbocycles. The molecule has 0 amide bonds. The van der Waals surface area contributed by atoms with Gasteiger partial charge in [0.25, 0.3) is 0 Å². The van der Waals surface area contributed by atoms with Crippen molar-refractivity contribution in [2.24, 2.45) is 5.73 Å². The van der Waals surface area contributed by atoms with E-state index in [0.717, 1.165) is 6.07 Å². The van der Waals surface area contributed by atoms with Gasteiger partial charge >= 0.3 is 6.18 Å². The van der Waals surface area contributed by atoms with E-state index < -0.39 is 23.8 Å². The summed E-state index contributed by atoms with van der Waals surface area (Å²) < 4.78 is 46.1. The summed E-state index contributed by atoms with van der Waals surface area (Å²) >= 11 is 12.0. The molecule has 160 valence electrons. The molecule has 1 unspecified atom stereocenters. The van der Waals surface area contributed by atoms with E-state index in [4.69, 9.17) is 33.7 Å². The number of nitrogens with one attached hydrogen (secondary N) is 1. The minimum absolute atomic E-state index is 0.0428. The van der Waals surface area contributed by atoms with Crippen LogP contribution in [0.25, 0.3) is 10.9 Å². The van der Waals surface area contributed by atoms with Crippen molar-refractivity contribution in [2.75, 3.05) is 11.9 Å². The van der Waals surface area contributed by atoms with Crippen LogP contribution in [0, 0.1) is 0 Å². The summed E-state index contributed by atoms with van der Waals surface area (Å²) in [6, 6.07) is 4.30. The predicted octanol–water partition coefficient (Wildman–Crippen LogP) is 5.25. The third kappa shape index (κ3) is 5.03. The van der Waals surface area contributed by atoms with Crippen LogP contribution in [0.2, 0.25) is 10.4 Å². The molecule has 0 fully saturated rings. The van der Waals surface area contributed by atoms with E-state index in [-0.39, 0.29) is 28.4 Å².